The summed E-state index contributed by atoms with van der Waals surface area (Å²) in [7, 11) is 0. The molecule has 2 rings (SSSR count). The maximum Gasteiger partial charge on any atom is 0.165 e. The van der Waals surface area contributed by atoms with Crippen LogP contribution >= 0.6 is 15.9 Å². The number of rotatable bonds is 3. The van der Waals surface area contributed by atoms with E-state index in [0.717, 1.165) is 15.6 Å². The van der Waals surface area contributed by atoms with Crippen LogP contribution in [0.2, 0.25) is 0 Å². The second-order valence-electron chi connectivity index (χ2n) is 4.51. The molecule has 2 nitrogen and oxygen atoms in total. The highest BCUT2D eigenvalue weighted by atomic mass is 79.9. The molecule has 0 bridgehead atoms. The second-order valence-corrected chi connectivity index (χ2v) is 5.36. The number of nitrogens with two attached hydrogens (primary N) is 1. The molecule has 0 saturated heterocycles. The van der Waals surface area contributed by atoms with Gasteiger partial charge < -0.3 is 10.5 Å². The molecule has 0 radical (unpaired) electrons. The second kappa shape index (κ2) is 5.72. The Morgan fingerprint density at radius 3 is 2.58 bits per heavy atom. The van der Waals surface area contributed by atoms with E-state index in [1.807, 2.05) is 19.9 Å². The minimum absolute atomic E-state index is 0.0702. The van der Waals surface area contributed by atoms with E-state index in [2.05, 4.69) is 15.9 Å². The molecule has 0 aliphatic heterocycles. The highest BCUT2D eigenvalue weighted by molar-refractivity contribution is 9.10. The average Bonchev–Trinajstić information content (AvgIpc) is 2.33. The molecule has 19 heavy (non-hydrogen) atoms. The van der Waals surface area contributed by atoms with Crippen molar-refractivity contribution in [1.29, 1.82) is 0 Å². The van der Waals surface area contributed by atoms with Crippen LogP contribution in [0.5, 0.6) is 11.5 Å². The van der Waals surface area contributed by atoms with Crippen LogP contribution in [0, 0.1) is 12.7 Å². The van der Waals surface area contributed by atoms with Crippen LogP contribution in [-0.2, 0) is 0 Å². The minimum atomic E-state index is -0.377. The fourth-order valence-electron chi connectivity index (χ4n) is 1.76. The number of hydrogen-bond donors (Lipinski definition) is 1. The Kier molecular flexibility index (Phi) is 4.22. The van der Waals surface area contributed by atoms with Crippen LogP contribution in [0.15, 0.2) is 40.9 Å². The number of aryl methyl sites for hydroxylation is 1. The van der Waals surface area contributed by atoms with Crippen molar-refractivity contribution in [2.75, 3.05) is 0 Å². The van der Waals surface area contributed by atoms with Crippen molar-refractivity contribution in [3.8, 4) is 11.5 Å². The molecule has 4 heteroatoms. The van der Waals surface area contributed by atoms with E-state index < -0.39 is 0 Å². The molecule has 2 N–H and O–H groups in total. The zero-order valence-electron chi connectivity index (χ0n) is 10.8. The van der Waals surface area contributed by atoms with E-state index in [0.29, 0.717) is 5.75 Å². The van der Waals surface area contributed by atoms with Gasteiger partial charge in [-0.3, -0.25) is 0 Å². The van der Waals surface area contributed by atoms with Crippen LogP contribution in [0.1, 0.15) is 24.1 Å². The quantitative estimate of drug-likeness (QED) is 0.887. The summed E-state index contributed by atoms with van der Waals surface area (Å²) in [5.41, 5.74) is 7.76. The van der Waals surface area contributed by atoms with Gasteiger partial charge in [-0.25, -0.2) is 4.39 Å². The van der Waals surface area contributed by atoms with Crippen molar-refractivity contribution in [1.82, 2.24) is 0 Å². The van der Waals surface area contributed by atoms with E-state index in [-0.39, 0.29) is 17.6 Å². The molecule has 0 spiro atoms. The number of ether oxygens (including phenoxy) is 1. The average molecular weight is 324 g/mol. The lowest BCUT2D eigenvalue weighted by Crippen LogP contribution is -2.05. The van der Waals surface area contributed by atoms with Crippen molar-refractivity contribution in [3.05, 3.63) is 57.8 Å². The Balaban J connectivity index is 2.29. The highest BCUT2D eigenvalue weighted by Gasteiger charge is 2.09. The maximum absolute atomic E-state index is 13.6. The molecule has 1 atom stereocenters. The molecule has 0 amide bonds. The predicted molar refractivity (Wildman–Crippen MR) is 78.0 cm³/mol. The van der Waals surface area contributed by atoms with Gasteiger partial charge in [-0.15, -0.1) is 0 Å². The number of hydrogen-bond acceptors (Lipinski definition) is 2. The monoisotopic (exact) mass is 323 g/mol. The Labute approximate surface area is 120 Å². The zero-order chi connectivity index (χ0) is 14.0. The van der Waals surface area contributed by atoms with Gasteiger partial charge in [0.25, 0.3) is 0 Å². The van der Waals surface area contributed by atoms with Gasteiger partial charge >= 0.3 is 0 Å². The molecule has 100 valence electrons. The molecule has 2 aromatic rings. The van der Waals surface area contributed by atoms with Gasteiger partial charge in [-0.05, 0) is 49.2 Å². The first-order valence-corrected chi connectivity index (χ1v) is 6.75. The third kappa shape index (κ3) is 3.33. The van der Waals surface area contributed by atoms with Crippen LogP contribution in [0.4, 0.5) is 4.39 Å². The first-order valence-electron chi connectivity index (χ1n) is 5.96. The summed E-state index contributed by atoms with van der Waals surface area (Å²) in [5.74, 6) is 0.416. The lowest BCUT2D eigenvalue weighted by molar-refractivity contribution is 0.441. The molecule has 0 heterocycles. The summed E-state index contributed by atoms with van der Waals surface area (Å²) in [5, 5.41) is 0. The summed E-state index contributed by atoms with van der Waals surface area (Å²) < 4.78 is 20.0. The van der Waals surface area contributed by atoms with Gasteiger partial charge in [0.2, 0.25) is 0 Å². The van der Waals surface area contributed by atoms with Crippen molar-refractivity contribution in [3.63, 3.8) is 0 Å². The SMILES string of the molecule is Cc1ccc(F)c(Oc2ccc([C@H](C)N)c(Br)c2)c1. The minimum Gasteiger partial charge on any atom is -0.454 e. The molecule has 0 unspecified atom stereocenters. The summed E-state index contributed by atoms with van der Waals surface area (Å²) >= 11 is 3.44. The van der Waals surface area contributed by atoms with E-state index in [1.165, 1.54) is 6.07 Å². The highest BCUT2D eigenvalue weighted by Crippen LogP contribution is 2.30. The Hall–Kier alpha value is -1.39. The van der Waals surface area contributed by atoms with Crippen molar-refractivity contribution < 1.29 is 9.13 Å². The summed E-state index contributed by atoms with van der Waals surface area (Å²) in [6.45, 7) is 3.79. The van der Waals surface area contributed by atoms with Gasteiger partial charge in [0.05, 0.1) is 0 Å². The molecule has 0 aromatic heterocycles. The number of benzene rings is 2. The van der Waals surface area contributed by atoms with E-state index in [1.54, 1.807) is 24.3 Å². The first-order chi connectivity index (χ1) is 8.97. The van der Waals surface area contributed by atoms with Gasteiger partial charge in [0.1, 0.15) is 5.75 Å². The van der Waals surface area contributed by atoms with E-state index in [9.17, 15) is 4.39 Å². The van der Waals surface area contributed by atoms with Crippen LogP contribution < -0.4 is 10.5 Å². The summed E-state index contributed by atoms with van der Waals surface area (Å²) in [6, 6.07) is 10.2. The number of halogens is 2. The molecule has 0 aliphatic carbocycles. The van der Waals surface area contributed by atoms with Gasteiger partial charge in [-0.2, -0.15) is 0 Å². The molecule has 0 fully saturated rings. The first kappa shape index (κ1) is 14.0. The lowest BCUT2D eigenvalue weighted by Gasteiger charge is -2.12. The zero-order valence-corrected chi connectivity index (χ0v) is 12.4. The fraction of sp³-hybridized carbons (Fsp3) is 0.200. The molecular formula is C15H15BrFNO. The third-order valence-corrected chi connectivity index (χ3v) is 3.46. The smallest absolute Gasteiger partial charge is 0.165 e. The normalized spacial score (nSPS) is 12.3. The van der Waals surface area contributed by atoms with Gasteiger partial charge in [0.15, 0.2) is 11.6 Å². The predicted octanol–water partition coefficient (Wildman–Crippen LogP) is 4.71. The Bertz CT molecular complexity index is 599. The summed E-state index contributed by atoms with van der Waals surface area (Å²) in [6.07, 6.45) is 0. The molecule has 0 saturated carbocycles. The third-order valence-electron chi connectivity index (χ3n) is 2.78. The largest absolute Gasteiger partial charge is 0.454 e. The van der Waals surface area contributed by atoms with Crippen LogP contribution in [0.25, 0.3) is 0 Å². The molecule has 2 aromatic carbocycles. The van der Waals surface area contributed by atoms with Crippen LogP contribution in [-0.4, -0.2) is 0 Å². The summed E-state index contributed by atoms with van der Waals surface area (Å²) in [4.78, 5) is 0. The van der Waals surface area contributed by atoms with Crippen molar-refractivity contribution >= 4 is 15.9 Å². The van der Waals surface area contributed by atoms with Gasteiger partial charge in [0, 0.05) is 10.5 Å². The molecule has 0 aliphatic rings. The fourth-order valence-corrected chi connectivity index (χ4v) is 2.48. The Morgan fingerprint density at radius 2 is 1.95 bits per heavy atom. The van der Waals surface area contributed by atoms with Crippen LogP contribution in [0.3, 0.4) is 0 Å². The topological polar surface area (TPSA) is 35.2 Å². The van der Waals surface area contributed by atoms with E-state index in [4.69, 9.17) is 10.5 Å². The lowest BCUT2D eigenvalue weighted by atomic mass is 10.1. The van der Waals surface area contributed by atoms with Gasteiger partial charge in [-0.1, -0.05) is 28.1 Å². The maximum atomic E-state index is 13.6. The molecular weight excluding hydrogens is 309 g/mol. The standard InChI is InChI=1S/C15H15BrFNO/c1-9-3-6-14(17)15(7-9)19-11-4-5-12(10(2)18)13(16)8-11/h3-8,10H,18H2,1-2H3/t10-/m0/s1. The van der Waals surface area contributed by atoms with Crippen molar-refractivity contribution in [2.24, 2.45) is 5.73 Å². The van der Waals surface area contributed by atoms with Crippen molar-refractivity contribution in [2.45, 2.75) is 19.9 Å². The van der Waals surface area contributed by atoms with E-state index >= 15 is 0 Å². The Morgan fingerprint density at radius 1 is 1.21 bits per heavy atom.